The number of carbonyl (C=O) groups is 1. The van der Waals surface area contributed by atoms with Crippen LogP contribution in [0.3, 0.4) is 0 Å². The molecule has 112 valence electrons. The fourth-order valence-electron chi connectivity index (χ4n) is 2.76. The summed E-state index contributed by atoms with van der Waals surface area (Å²) in [5.41, 5.74) is 0. The zero-order valence-electron chi connectivity index (χ0n) is 12.4. The molecule has 20 heavy (non-hydrogen) atoms. The lowest BCUT2D eigenvalue weighted by molar-refractivity contribution is -0.132. The Kier molecular flexibility index (Phi) is 6.54. The van der Waals surface area contributed by atoms with Crippen molar-refractivity contribution in [1.82, 2.24) is 10.2 Å². The van der Waals surface area contributed by atoms with Crippen molar-refractivity contribution in [1.29, 1.82) is 0 Å². The lowest BCUT2D eigenvalue weighted by Gasteiger charge is -2.32. The van der Waals surface area contributed by atoms with Crippen LogP contribution in [0.25, 0.3) is 0 Å². The molecule has 1 N–H and O–H groups in total. The van der Waals surface area contributed by atoms with Crippen molar-refractivity contribution >= 4 is 17.2 Å². The van der Waals surface area contributed by atoms with Gasteiger partial charge in [0.2, 0.25) is 5.91 Å². The molecule has 0 radical (unpaired) electrons. The van der Waals surface area contributed by atoms with E-state index in [1.165, 1.54) is 4.88 Å². The molecule has 1 fully saturated rings. The highest BCUT2D eigenvalue weighted by Gasteiger charge is 2.21. The molecule has 1 aromatic heterocycles. The van der Waals surface area contributed by atoms with E-state index >= 15 is 0 Å². The Morgan fingerprint density at radius 2 is 2.25 bits per heavy atom. The second kappa shape index (κ2) is 8.42. The maximum absolute atomic E-state index is 12.2. The fourth-order valence-corrected chi connectivity index (χ4v) is 3.51. The van der Waals surface area contributed by atoms with Gasteiger partial charge in [-0.3, -0.25) is 4.79 Å². The fraction of sp³-hybridized carbons (Fsp3) is 0.688. The van der Waals surface area contributed by atoms with Crippen LogP contribution < -0.4 is 5.32 Å². The molecule has 0 atom stereocenters. The highest BCUT2D eigenvalue weighted by molar-refractivity contribution is 7.09. The minimum atomic E-state index is 0.350. The molecule has 0 unspecified atom stereocenters. The van der Waals surface area contributed by atoms with Crippen LogP contribution in [-0.2, 0) is 11.2 Å². The van der Waals surface area contributed by atoms with E-state index in [1.54, 1.807) is 11.3 Å². The second-order valence-corrected chi connectivity index (χ2v) is 6.60. The van der Waals surface area contributed by atoms with Crippen LogP contribution >= 0.6 is 11.3 Å². The van der Waals surface area contributed by atoms with E-state index in [0.29, 0.717) is 12.3 Å². The summed E-state index contributed by atoms with van der Waals surface area (Å²) in [7, 11) is 0. The molecule has 3 nitrogen and oxygen atoms in total. The lowest BCUT2D eigenvalue weighted by Crippen LogP contribution is -2.40. The number of amides is 1. The Hall–Kier alpha value is -0.870. The summed E-state index contributed by atoms with van der Waals surface area (Å²) >= 11 is 1.79. The van der Waals surface area contributed by atoms with Crippen molar-refractivity contribution in [3.8, 4) is 0 Å². The maximum Gasteiger partial charge on any atom is 0.222 e. The topological polar surface area (TPSA) is 32.3 Å². The minimum Gasteiger partial charge on any atom is -0.343 e. The number of nitrogens with zero attached hydrogens (tertiary/aromatic N) is 1. The van der Waals surface area contributed by atoms with Gasteiger partial charge in [-0.1, -0.05) is 13.0 Å². The zero-order valence-corrected chi connectivity index (χ0v) is 13.3. The van der Waals surface area contributed by atoms with Crippen LogP contribution in [0.2, 0.25) is 0 Å². The molecule has 1 saturated heterocycles. The van der Waals surface area contributed by atoms with Gasteiger partial charge in [-0.25, -0.2) is 0 Å². The number of hydrogen-bond acceptors (Lipinski definition) is 3. The van der Waals surface area contributed by atoms with Crippen LogP contribution in [0.1, 0.15) is 37.5 Å². The largest absolute Gasteiger partial charge is 0.343 e. The van der Waals surface area contributed by atoms with E-state index in [-0.39, 0.29) is 0 Å². The third-order valence-corrected chi connectivity index (χ3v) is 4.98. The third-order valence-electron chi connectivity index (χ3n) is 4.04. The number of rotatable bonds is 7. The molecular formula is C16H26N2OS. The Morgan fingerprint density at radius 1 is 1.45 bits per heavy atom. The number of nitrogens with one attached hydrogen (secondary N) is 1. The average Bonchev–Trinajstić information content (AvgIpc) is 2.99. The van der Waals surface area contributed by atoms with Gasteiger partial charge < -0.3 is 10.2 Å². The Bertz CT molecular complexity index is 383. The smallest absolute Gasteiger partial charge is 0.222 e. The van der Waals surface area contributed by atoms with Crippen LogP contribution in [-0.4, -0.2) is 37.0 Å². The summed E-state index contributed by atoms with van der Waals surface area (Å²) in [5.74, 6) is 1.11. The van der Waals surface area contributed by atoms with E-state index < -0.39 is 0 Å². The molecule has 0 aliphatic carbocycles. The number of aryl methyl sites for hydroxylation is 1. The molecule has 1 aromatic rings. The van der Waals surface area contributed by atoms with E-state index in [9.17, 15) is 4.79 Å². The monoisotopic (exact) mass is 294 g/mol. The van der Waals surface area contributed by atoms with Crippen LogP contribution in [0.15, 0.2) is 17.5 Å². The maximum atomic E-state index is 12.2. The number of thiophene rings is 1. The molecule has 0 aromatic carbocycles. The van der Waals surface area contributed by atoms with Gasteiger partial charge in [-0.2, -0.15) is 0 Å². The predicted octanol–water partition coefficient (Wildman–Crippen LogP) is 2.92. The summed E-state index contributed by atoms with van der Waals surface area (Å²) in [4.78, 5) is 15.6. The van der Waals surface area contributed by atoms with E-state index in [2.05, 4.69) is 34.7 Å². The Morgan fingerprint density at radius 3 is 2.90 bits per heavy atom. The first kappa shape index (κ1) is 15.5. The van der Waals surface area contributed by atoms with E-state index in [0.717, 1.165) is 57.8 Å². The van der Waals surface area contributed by atoms with Crippen LogP contribution in [0, 0.1) is 5.92 Å². The van der Waals surface area contributed by atoms with Crippen molar-refractivity contribution < 1.29 is 4.79 Å². The number of likely N-dealkylation sites (tertiary alicyclic amines) is 1. The number of piperidine rings is 1. The standard InChI is InChI=1S/C16H26N2OS/c1-2-17-13-14-8-10-18(11-9-14)16(19)7-3-5-15-6-4-12-20-15/h4,6,12,14,17H,2-3,5,7-11,13H2,1H3. The van der Waals surface area contributed by atoms with Gasteiger partial charge in [0.05, 0.1) is 0 Å². The highest BCUT2D eigenvalue weighted by atomic mass is 32.1. The van der Waals surface area contributed by atoms with Gasteiger partial charge in [0, 0.05) is 24.4 Å². The average molecular weight is 294 g/mol. The Balaban J connectivity index is 1.61. The highest BCUT2D eigenvalue weighted by Crippen LogP contribution is 2.18. The summed E-state index contributed by atoms with van der Waals surface area (Å²) in [6.45, 7) is 6.20. The molecule has 4 heteroatoms. The molecular weight excluding hydrogens is 268 g/mol. The minimum absolute atomic E-state index is 0.350. The molecule has 1 aliphatic heterocycles. The second-order valence-electron chi connectivity index (χ2n) is 5.56. The summed E-state index contributed by atoms with van der Waals surface area (Å²) in [5, 5.41) is 5.51. The summed E-state index contributed by atoms with van der Waals surface area (Å²) in [6.07, 6.45) is 5.04. The summed E-state index contributed by atoms with van der Waals surface area (Å²) < 4.78 is 0. The van der Waals surface area contributed by atoms with Crippen molar-refractivity contribution in [3.05, 3.63) is 22.4 Å². The van der Waals surface area contributed by atoms with Gasteiger partial charge in [-0.05, 0) is 56.1 Å². The van der Waals surface area contributed by atoms with Gasteiger partial charge in [-0.15, -0.1) is 11.3 Å². The quantitative estimate of drug-likeness (QED) is 0.838. The van der Waals surface area contributed by atoms with Crippen molar-refractivity contribution in [2.75, 3.05) is 26.2 Å². The number of carbonyl (C=O) groups excluding carboxylic acids is 1. The van der Waals surface area contributed by atoms with E-state index in [1.807, 2.05) is 0 Å². The Labute approximate surface area is 126 Å². The molecule has 2 rings (SSSR count). The zero-order chi connectivity index (χ0) is 14.2. The van der Waals surface area contributed by atoms with Crippen molar-refractivity contribution in [3.63, 3.8) is 0 Å². The molecule has 1 aliphatic rings. The summed E-state index contributed by atoms with van der Waals surface area (Å²) in [6, 6.07) is 4.23. The van der Waals surface area contributed by atoms with E-state index in [4.69, 9.17) is 0 Å². The van der Waals surface area contributed by atoms with Gasteiger partial charge in [0.15, 0.2) is 0 Å². The van der Waals surface area contributed by atoms with Gasteiger partial charge in [0.1, 0.15) is 0 Å². The first-order chi connectivity index (χ1) is 9.79. The normalized spacial score (nSPS) is 16.6. The predicted molar refractivity (Wildman–Crippen MR) is 85.1 cm³/mol. The molecule has 0 bridgehead atoms. The lowest BCUT2D eigenvalue weighted by atomic mass is 9.96. The first-order valence-corrected chi connectivity index (χ1v) is 8.68. The molecule has 0 spiro atoms. The van der Waals surface area contributed by atoms with Crippen LogP contribution in [0.4, 0.5) is 0 Å². The number of hydrogen-bond donors (Lipinski definition) is 1. The first-order valence-electron chi connectivity index (χ1n) is 7.80. The molecule has 0 saturated carbocycles. The molecule has 1 amide bonds. The molecule has 2 heterocycles. The van der Waals surface area contributed by atoms with Crippen molar-refractivity contribution in [2.24, 2.45) is 5.92 Å². The SMILES string of the molecule is CCNCC1CCN(C(=O)CCCc2cccs2)CC1. The van der Waals surface area contributed by atoms with Gasteiger partial charge >= 0.3 is 0 Å². The van der Waals surface area contributed by atoms with Crippen molar-refractivity contribution in [2.45, 2.75) is 39.0 Å². The van der Waals surface area contributed by atoms with Crippen LogP contribution in [0.5, 0.6) is 0 Å². The third kappa shape index (κ3) is 4.91. The van der Waals surface area contributed by atoms with Gasteiger partial charge in [0.25, 0.3) is 0 Å².